The lowest BCUT2D eigenvalue weighted by atomic mass is 9.85. The lowest BCUT2D eigenvalue weighted by Gasteiger charge is -2.24. The summed E-state index contributed by atoms with van der Waals surface area (Å²) in [6.45, 7) is 5.49. The molecule has 4 rings (SSSR count). The van der Waals surface area contributed by atoms with Gasteiger partial charge >= 0.3 is 0 Å². The summed E-state index contributed by atoms with van der Waals surface area (Å²) in [5.74, 6) is 1.89. The van der Waals surface area contributed by atoms with E-state index in [2.05, 4.69) is 72.5 Å². The topological polar surface area (TPSA) is 15.6 Å². The van der Waals surface area contributed by atoms with Crippen LogP contribution >= 0.6 is 0 Å². The van der Waals surface area contributed by atoms with Crippen molar-refractivity contribution in [3.8, 4) is 0 Å². The van der Waals surface area contributed by atoms with Crippen LogP contribution in [0.25, 0.3) is 0 Å². The van der Waals surface area contributed by atoms with Gasteiger partial charge in [0.1, 0.15) is 5.84 Å². The normalized spacial score (nSPS) is 21.6. The maximum atomic E-state index is 4.92. The molecule has 1 saturated carbocycles. The Balaban J connectivity index is 1.68. The SMILES string of the molecule is CCCCN1CCN=C1C1CC1(c1ccccc1)c1ccccc1. The number of nitrogens with zero attached hydrogens (tertiary/aromatic N) is 2. The second-order valence-corrected chi connectivity index (χ2v) is 7.04. The van der Waals surface area contributed by atoms with Crippen molar-refractivity contribution in [2.24, 2.45) is 10.9 Å². The van der Waals surface area contributed by atoms with Gasteiger partial charge in [-0.3, -0.25) is 4.99 Å². The van der Waals surface area contributed by atoms with E-state index in [0.717, 1.165) is 19.6 Å². The van der Waals surface area contributed by atoms with E-state index >= 15 is 0 Å². The Bertz CT molecular complexity index is 666. The lowest BCUT2D eigenvalue weighted by molar-refractivity contribution is 0.431. The van der Waals surface area contributed by atoms with Gasteiger partial charge in [0.25, 0.3) is 0 Å². The maximum Gasteiger partial charge on any atom is 0.103 e. The minimum Gasteiger partial charge on any atom is -0.358 e. The molecule has 2 aromatic rings. The van der Waals surface area contributed by atoms with Crippen molar-refractivity contribution in [3.63, 3.8) is 0 Å². The highest BCUT2D eigenvalue weighted by Crippen LogP contribution is 2.60. The molecule has 1 atom stereocenters. The minimum absolute atomic E-state index is 0.121. The third-order valence-electron chi connectivity index (χ3n) is 5.60. The highest BCUT2D eigenvalue weighted by Gasteiger charge is 2.60. The lowest BCUT2D eigenvalue weighted by Crippen LogP contribution is -2.32. The molecule has 2 heteroatoms. The van der Waals surface area contributed by atoms with Gasteiger partial charge < -0.3 is 4.90 Å². The molecule has 0 bridgehead atoms. The Morgan fingerprint density at radius 2 is 1.62 bits per heavy atom. The predicted octanol–water partition coefficient (Wildman–Crippen LogP) is 4.51. The molecule has 0 N–H and O–H groups in total. The summed E-state index contributed by atoms with van der Waals surface area (Å²) in [6.07, 6.45) is 3.69. The molecule has 0 spiro atoms. The van der Waals surface area contributed by atoms with E-state index in [0.29, 0.717) is 5.92 Å². The van der Waals surface area contributed by atoms with Crippen LogP contribution in [0.1, 0.15) is 37.3 Å². The molecular weight excluding hydrogens is 292 g/mol. The van der Waals surface area contributed by atoms with E-state index in [-0.39, 0.29) is 5.41 Å². The standard InChI is InChI=1S/C22H26N2/c1-2-3-15-24-16-14-23-21(24)20-17-22(20,18-10-6-4-7-11-18)19-12-8-5-9-13-19/h4-13,20H,2-3,14-17H2,1H3. The van der Waals surface area contributed by atoms with E-state index in [4.69, 9.17) is 4.99 Å². The fraction of sp³-hybridized carbons (Fsp3) is 0.409. The molecular formula is C22H26N2. The summed E-state index contributed by atoms with van der Waals surface area (Å²) < 4.78 is 0. The van der Waals surface area contributed by atoms with Crippen LogP contribution in [0.2, 0.25) is 0 Å². The first-order valence-electron chi connectivity index (χ1n) is 9.26. The molecule has 1 aliphatic heterocycles. The molecule has 24 heavy (non-hydrogen) atoms. The molecule has 124 valence electrons. The van der Waals surface area contributed by atoms with E-state index in [1.807, 2.05) is 0 Å². The average molecular weight is 318 g/mol. The molecule has 2 nitrogen and oxygen atoms in total. The second kappa shape index (κ2) is 6.43. The number of rotatable bonds is 6. The van der Waals surface area contributed by atoms with Gasteiger partial charge in [-0.05, 0) is 24.0 Å². The van der Waals surface area contributed by atoms with E-state index in [1.54, 1.807) is 0 Å². The van der Waals surface area contributed by atoms with Crippen LogP contribution in [0.15, 0.2) is 65.7 Å². The van der Waals surface area contributed by atoms with Crippen LogP contribution in [-0.2, 0) is 5.41 Å². The molecule has 1 aliphatic carbocycles. The van der Waals surface area contributed by atoms with Gasteiger partial charge in [0.2, 0.25) is 0 Å². The number of hydrogen-bond acceptors (Lipinski definition) is 2. The summed E-state index contributed by atoms with van der Waals surface area (Å²) in [4.78, 5) is 7.46. The summed E-state index contributed by atoms with van der Waals surface area (Å²) >= 11 is 0. The quantitative estimate of drug-likeness (QED) is 0.765. The molecule has 0 radical (unpaired) electrons. The van der Waals surface area contributed by atoms with Crippen molar-refractivity contribution in [3.05, 3.63) is 71.8 Å². The van der Waals surface area contributed by atoms with Gasteiger partial charge in [-0.1, -0.05) is 74.0 Å². The van der Waals surface area contributed by atoms with E-state index < -0.39 is 0 Å². The van der Waals surface area contributed by atoms with Crippen molar-refractivity contribution >= 4 is 5.84 Å². The summed E-state index contributed by atoms with van der Waals surface area (Å²) in [6, 6.07) is 22.1. The van der Waals surface area contributed by atoms with Gasteiger partial charge in [-0.2, -0.15) is 0 Å². The molecule has 0 amide bonds. The molecule has 1 heterocycles. The van der Waals surface area contributed by atoms with Crippen LogP contribution in [0.3, 0.4) is 0 Å². The first-order valence-corrected chi connectivity index (χ1v) is 9.26. The highest BCUT2D eigenvalue weighted by molar-refractivity contribution is 5.92. The van der Waals surface area contributed by atoms with Gasteiger partial charge in [-0.15, -0.1) is 0 Å². The Hall–Kier alpha value is -2.09. The third-order valence-corrected chi connectivity index (χ3v) is 5.60. The third kappa shape index (κ3) is 2.54. The minimum atomic E-state index is 0.121. The van der Waals surface area contributed by atoms with E-state index in [9.17, 15) is 0 Å². The highest BCUT2D eigenvalue weighted by atomic mass is 15.2. The Morgan fingerprint density at radius 1 is 1.00 bits per heavy atom. The van der Waals surface area contributed by atoms with Crippen LogP contribution in [-0.4, -0.2) is 30.4 Å². The molecule has 2 aliphatic rings. The van der Waals surface area contributed by atoms with Crippen LogP contribution < -0.4 is 0 Å². The number of amidine groups is 1. The van der Waals surface area contributed by atoms with Crippen molar-refractivity contribution in [1.82, 2.24) is 4.90 Å². The molecule has 0 saturated heterocycles. The number of unbranched alkanes of at least 4 members (excludes halogenated alkanes) is 1. The first kappa shape index (κ1) is 15.4. The molecule has 1 fully saturated rings. The zero-order valence-corrected chi connectivity index (χ0v) is 14.5. The smallest absolute Gasteiger partial charge is 0.103 e. The first-order chi connectivity index (χ1) is 11.9. The van der Waals surface area contributed by atoms with Gasteiger partial charge in [0.05, 0.1) is 6.54 Å². The Morgan fingerprint density at radius 3 is 2.21 bits per heavy atom. The second-order valence-electron chi connectivity index (χ2n) is 7.04. The zero-order valence-electron chi connectivity index (χ0n) is 14.5. The zero-order chi connectivity index (χ0) is 16.4. The monoisotopic (exact) mass is 318 g/mol. The van der Waals surface area contributed by atoms with E-state index in [1.165, 1.54) is 36.2 Å². The number of aliphatic imine (C=N–C) groups is 1. The average Bonchev–Trinajstić information content (AvgIpc) is 3.24. The number of hydrogen-bond donors (Lipinski definition) is 0. The maximum absolute atomic E-state index is 4.92. The van der Waals surface area contributed by atoms with Crippen molar-refractivity contribution in [2.45, 2.75) is 31.6 Å². The predicted molar refractivity (Wildman–Crippen MR) is 101 cm³/mol. The molecule has 1 unspecified atom stereocenters. The van der Waals surface area contributed by atoms with Crippen LogP contribution in [0.5, 0.6) is 0 Å². The van der Waals surface area contributed by atoms with Crippen molar-refractivity contribution in [1.29, 1.82) is 0 Å². The summed E-state index contributed by atoms with van der Waals surface area (Å²) in [5, 5.41) is 0. The largest absolute Gasteiger partial charge is 0.358 e. The summed E-state index contributed by atoms with van der Waals surface area (Å²) in [7, 11) is 0. The molecule has 0 aromatic heterocycles. The fourth-order valence-electron chi connectivity index (χ4n) is 4.26. The van der Waals surface area contributed by atoms with Gasteiger partial charge in [-0.25, -0.2) is 0 Å². The van der Waals surface area contributed by atoms with Gasteiger partial charge in [0.15, 0.2) is 0 Å². The fourth-order valence-corrected chi connectivity index (χ4v) is 4.26. The van der Waals surface area contributed by atoms with Gasteiger partial charge in [0, 0.05) is 24.4 Å². The summed E-state index contributed by atoms with van der Waals surface area (Å²) in [5.41, 5.74) is 2.99. The molecule has 2 aromatic carbocycles. The van der Waals surface area contributed by atoms with Crippen LogP contribution in [0.4, 0.5) is 0 Å². The Kier molecular flexibility index (Phi) is 4.13. The number of benzene rings is 2. The van der Waals surface area contributed by atoms with Crippen molar-refractivity contribution < 1.29 is 0 Å². The Labute approximate surface area is 145 Å². The van der Waals surface area contributed by atoms with Crippen molar-refractivity contribution in [2.75, 3.05) is 19.6 Å². The van der Waals surface area contributed by atoms with Crippen LogP contribution in [0, 0.1) is 5.92 Å².